The molecule has 2 nitrogen and oxygen atoms in total. The Morgan fingerprint density at radius 2 is 1.75 bits per heavy atom. The van der Waals surface area contributed by atoms with Crippen LogP contribution in [0.5, 0.6) is 0 Å². The second-order valence-electron chi connectivity index (χ2n) is 5.26. The molecule has 0 aliphatic carbocycles. The zero-order valence-corrected chi connectivity index (χ0v) is 12.1. The summed E-state index contributed by atoms with van der Waals surface area (Å²) in [5.74, 6) is 0. The van der Waals surface area contributed by atoms with Crippen molar-refractivity contribution in [2.45, 2.75) is 20.0 Å². The summed E-state index contributed by atoms with van der Waals surface area (Å²) in [6.07, 6.45) is 2.19. The molecular formula is C18H20N2. The Kier molecular flexibility index (Phi) is 3.57. The van der Waals surface area contributed by atoms with Crippen molar-refractivity contribution < 1.29 is 0 Å². The Morgan fingerprint density at radius 1 is 0.950 bits per heavy atom. The van der Waals surface area contributed by atoms with Gasteiger partial charge in [-0.2, -0.15) is 0 Å². The number of para-hydroxylation sites is 1. The van der Waals surface area contributed by atoms with Crippen LogP contribution in [-0.2, 0) is 13.1 Å². The number of hydrogen-bond donors (Lipinski definition) is 1. The van der Waals surface area contributed by atoms with E-state index in [2.05, 4.69) is 71.5 Å². The molecule has 102 valence electrons. The van der Waals surface area contributed by atoms with Gasteiger partial charge in [-0.3, -0.25) is 0 Å². The van der Waals surface area contributed by atoms with Crippen molar-refractivity contribution in [3.05, 3.63) is 71.4 Å². The van der Waals surface area contributed by atoms with Crippen molar-refractivity contribution in [2.24, 2.45) is 0 Å². The lowest BCUT2D eigenvalue weighted by atomic mass is 10.1. The third-order valence-electron chi connectivity index (χ3n) is 3.84. The van der Waals surface area contributed by atoms with E-state index >= 15 is 0 Å². The first kappa shape index (κ1) is 12.9. The number of benzene rings is 2. The Labute approximate surface area is 120 Å². The lowest BCUT2D eigenvalue weighted by Gasteiger charge is -2.11. The van der Waals surface area contributed by atoms with Crippen molar-refractivity contribution in [1.29, 1.82) is 0 Å². The van der Waals surface area contributed by atoms with Crippen molar-refractivity contribution in [1.82, 2.24) is 9.88 Å². The molecule has 1 aromatic heterocycles. The van der Waals surface area contributed by atoms with Gasteiger partial charge in [0.15, 0.2) is 0 Å². The van der Waals surface area contributed by atoms with Crippen LogP contribution in [0, 0.1) is 6.92 Å². The van der Waals surface area contributed by atoms with E-state index in [4.69, 9.17) is 0 Å². The minimum atomic E-state index is 0.898. The van der Waals surface area contributed by atoms with Gasteiger partial charge in [0.05, 0.1) is 5.52 Å². The molecule has 0 saturated carbocycles. The Bertz CT molecular complexity index is 725. The van der Waals surface area contributed by atoms with Gasteiger partial charge < -0.3 is 9.88 Å². The Morgan fingerprint density at radius 3 is 2.55 bits per heavy atom. The Hall–Kier alpha value is -2.06. The molecule has 3 aromatic rings. The monoisotopic (exact) mass is 264 g/mol. The minimum absolute atomic E-state index is 0.898. The second-order valence-corrected chi connectivity index (χ2v) is 5.26. The molecule has 0 amide bonds. The van der Waals surface area contributed by atoms with Crippen molar-refractivity contribution >= 4 is 10.9 Å². The smallest absolute Gasteiger partial charge is 0.0529 e. The highest BCUT2D eigenvalue weighted by molar-refractivity contribution is 5.83. The topological polar surface area (TPSA) is 17.0 Å². The predicted octanol–water partition coefficient (Wildman–Crippen LogP) is 3.72. The minimum Gasteiger partial charge on any atom is -0.343 e. The van der Waals surface area contributed by atoms with Gasteiger partial charge >= 0.3 is 0 Å². The maximum Gasteiger partial charge on any atom is 0.0529 e. The number of fused-ring (bicyclic) bond motifs is 1. The summed E-state index contributed by atoms with van der Waals surface area (Å²) >= 11 is 0. The van der Waals surface area contributed by atoms with Crippen LogP contribution in [0.3, 0.4) is 0 Å². The van der Waals surface area contributed by atoms with E-state index in [1.165, 1.54) is 27.6 Å². The molecule has 0 bridgehead atoms. The Balaban J connectivity index is 2.06. The largest absolute Gasteiger partial charge is 0.343 e. The average Bonchev–Trinajstić information content (AvgIpc) is 2.86. The maximum atomic E-state index is 3.26. The van der Waals surface area contributed by atoms with Crippen LogP contribution < -0.4 is 5.32 Å². The van der Waals surface area contributed by atoms with Crippen LogP contribution in [-0.4, -0.2) is 11.6 Å². The van der Waals surface area contributed by atoms with Crippen molar-refractivity contribution in [3.8, 4) is 0 Å². The fraction of sp³-hybridized carbons (Fsp3) is 0.222. The normalized spacial score (nSPS) is 11.1. The number of hydrogen-bond acceptors (Lipinski definition) is 1. The highest BCUT2D eigenvalue weighted by atomic mass is 15.0. The van der Waals surface area contributed by atoms with Gasteiger partial charge in [-0.1, -0.05) is 42.5 Å². The molecule has 0 unspecified atom stereocenters. The zero-order valence-electron chi connectivity index (χ0n) is 12.1. The van der Waals surface area contributed by atoms with Gasteiger partial charge in [-0.05, 0) is 42.1 Å². The molecule has 0 saturated heterocycles. The summed E-state index contributed by atoms with van der Waals surface area (Å²) in [5, 5.41) is 4.57. The van der Waals surface area contributed by atoms with Gasteiger partial charge in [-0.15, -0.1) is 0 Å². The van der Waals surface area contributed by atoms with Gasteiger partial charge in [0, 0.05) is 19.3 Å². The molecule has 1 N–H and O–H groups in total. The fourth-order valence-electron chi connectivity index (χ4n) is 2.78. The fourth-order valence-corrected chi connectivity index (χ4v) is 2.78. The molecular weight excluding hydrogens is 244 g/mol. The van der Waals surface area contributed by atoms with E-state index in [0.717, 1.165) is 13.1 Å². The number of aryl methyl sites for hydroxylation is 1. The van der Waals surface area contributed by atoms with E-state index in [1.54, 1.807) is 0 Å². The molecule has 0 atom stereocenters. The van der Waals surface area contributed by atoms with Crippen LogP contribution >= 0.6 is 0 Å². The average molecular weight is 264 g/mol. The van der Waals surface area contributed by atoms with E-state index in [-0.39, 0.29) is 0 Å². The first-order valence-electron chi connectivity index (χ1n) is 7.05. The summed E-state index contributed by atoms with van der Waals surface area (Å²) in [6.45, 7) is 4.00. The van der Waals surface area contributed by atoms with Crippen LogP contribution in [0.15, 0.2) is 54.7 Å². The van der Waals surface area contributed by atoms with Crippen LogP contribution in [0.4, 0.5) is 0 Å². The third kappa shape index (κ3) is 2.35. The lowest BCUT2D eigenvalue weighted by Crippen LogP contribution is -2.08. The first-order valence-corrected chi connectivity index (χ1v) is 7.05. The standard InChI is InChI=1S/C18H20N2/c1-14-6-3-4-7-17(14)13-20-11-10-15-8-5-9-16(12-19-2)18(15)20/h3-11,19H,12-13H2,1-2H3. The summed E-state index contributed by atoms with van der Waals surface area (Å²) in [7, 11) is 1.99. The molecule has 0 radical (unpaired) electrons. The van der Waals surface area contributed by atoms with Crippen LogP contribution in [0.2, 0.25) is 0 Å². The molecule has 0 fully saturated rings. The number of nitrogens with zero attached hydrogens (tertiary/aromatic N) is 1. The summed E-state index contributed by atoms with van der Waals surface area (Å²) in [6, 6.07) is 17.3. The van der Waals surface area contributed by atoms with E-state index < -0.39 is 0 Å². The van der Waals surface area contributed by atoms with Gasteiger partial charge in [-0.25, -0.2) is 0 Å². The summed E-state index contributed by atoms with van der Waals surface area (Å²) in [5.41, 5.74) is 5.42. The molecule has 2 aromatic carbocycles. The molecule has 0 spiro atoms. The van der Waals surface area contributed by atoms with E-state index in [9.17, 15) is 0 Å². The molecule has 20 heavy (non-hydrogen) atoms. The molecule has 0 aliphatic rings. The summed E-state index contributed by atoms with van der Waals surface area (Å²) in [4.78, 5) is 0. The van der Waals surface area contributed by atoms with Crippen LogP contribution in [0.25, 0.3) is 10.9 Å². The van der Waals surface area contributed by atoms with Gasteiger partial charge in [0.1, 0.15) is 0 Å². The maximum absolute atomic E-state index is 3.26. The third-order valence-corrected chi connectivity index (χ3v) is 3.84. The number of nitrogens with one attached hydrogen (secondary N) is 1. The predicted molar refractivity (Wildman–Crippen MR) is 85.0 cm³/mol. The quantitative estimate of drug-likeness (QED) is 0.760. The molecule has 3 rings (SSSR count). The zero-order chi connectivity index (χ0) is 13.9. The highest BCUT2D eigenvalue weighted by Gasteiger charge is 2.07. The van der Waals surface area contributed by atoms with Crippen LogP contribution in [0.1, 0.15) is 16.7 Å². The van der Waals surface area contributed by atoms with Gasteiger partial charge in [0.2, 0.25) is 0 Å². The number of aromatic nitrogens is 1. The first-order chi connectivity index (χ1) is 9.79. The number of rotatable bonds is 4. The molecule has 0 aliphatic heterocycles. The summed E-state index contributed by atoms with van der Waals surface area (Å²) < 4.78 is 2.35. The molecule has 1 heterocycles. The van der Waals surface area contributed by atoms with Crippen molar-refractivity contribution in [2.75, 3.05) is 7.05 Å². The van der Waals surface area contributed by atoms with Crippen molar-refractivity contribution in [3.63, 3.8) is 0 Å². The van der Waals surface area contributed by atoms with Gasteiger partial charge in [0.25, 0.3) is 0 Å². The molecule has 2 heteroatoms. The second kappa shape index (κ2) is 5.51. The van der Waals surface area contributed by atoms with E-state index in [1.807, 2.05) is 7.05 Å². The lowest BCUT2D eigenvalue weighted by molar-refractivity contribution is 0.794. The SMILES string of the molecule is CNCc1cccc2ccn(Cc3ccccc3C)c12. The highest BCUT2D eigenvalue weighted by Crippen LogP contribution is 2.22. The van der Waals surface area contributed by atoms with E-state index in [0.29, 0.717) is 0 Å².